The second-order valence-corrected chi connectivity index (χ2v) is 16.1. The van der Waals surface area contributed by atoms with Crippen molar-refractivity contribution < 1.29 is 49.7 Å². The fraction of sp³-hybridized carbons (Fsp3) is 0.455. The predicted octanol–water partition coefficient (Wildman–Crippen LogP) is 5.19. The highest BCUT2D eigenvalue weighted by Gasteiger charge is 2.49. The SMILES string of the molecule is Cc1ncc(CO)c(CN(CCN(C(C(=O)O)C(C)(C)COCc2ccccc2)C(C(=O)O)C(C)(C)COCc2ccccc2)Cc2c(CO)cnc(C)c2O)c1O. The van der Waals surface area contributed by atoms with E-state index in [4.69, 9.17) is 9.47 Å². The van der Waals surface area contributed by atoms with Crippen LogP contribution < -0.4 is 0 Å². The molecule has 2 unspecified atom stereocenters. The van der Waals surface area contributed by atoms with Crippen LogP contribution in [0.5, 0.6) is 11.5 Å². The molecule has 0 amide bonds. The van der Waals surface area contributed by atoms with Crippen LogP contribution in [0.1, 0.15) is 72.5 Å². The third kappa shape index (κ3) is 11.8. The molecule has 58 heavy (non-hydrogen) atoms. The number of hydrogen-bond donors (Lipinski definition) is 6. The molecule has 0 saturated heterocycles. The third-order valence-electron chi connectivity index (χ3n) is 10.4. The van der Waals surface area contributed by atoms with Gasteiger partial charge in [-0.2, -0.15) is 0 Å². The quantitative estimate of drug-likeness (QED) is 0.0572. The Morgan fingerprint density at radius 1 is 0.655 bits per heavy atom. The molecule has 14 nitrogen and oxygen atoms in total. The fourth-order valence-electron chi connectivity index (χ4n) is 7.34. The number of aryl methyl sites for hydroxylation is 2. The molecule has 0 aliphatic carbocycles. The molecule has 0 aliphatic heterocycles. The number of aliphatic hydroxyl groups excluding tert-OH is 2. The van der Waals surface area contributed by atoms with E-state index in [1.54, 1.807) is 46.4 Å². The van der Waals surface area contributed by atoms with Crippen molar-refractivity contribution in [1.82, 2.24) is 19.8 Å². The highest BCUT2D eigenvalue weighted by Crippen LogP contribution is 2.36. The first-order valence-electron chi connectivity index (χ1n) is 19.2. The summed E-state index contributed by atoms with van der Waals surface area (Å²) in [6.07, 6.45) is 2.91. The summed E-state index contributed by atoms with van der Waals surface area (Å²) in [5, 5.41) is 64.9. The summed E-state index contributed by atoms with van der Waals surface area (Å²) in [5.74, 6) is -2.79. The van der Waals surface area contributed by atoms with E-state index >= 15 is 0 Å². The topological polar surface area (TPSA) is 206 Å². The van der Waals surface area contributed by atoms with Crippen LogP contribution in [0.3, 0.4) is 0 Å². The maximum absolute atomic E-state index is 13.6. The zero-order valence-corrected chi connectivity index (χ0v) is 34.3. The van der Waals surface area contributed by atoms with E-state index in [2.05, 4.69) is 9.97 Å². The monoisotopic (exact) mass is 802 g/mol. The van der Waals surface area contributed by atoms with Crippen LogP contribution in [0.25, 0.3) is 0 Å². The van der Waals surface area contributed by atoms with Gasteiger partial charge in [0.15, 0.2) is 0 Å². The van der Waals surface area contributed by atoms with Gasteiger partial charge in [0.1, 0.15) is 23.6 Å². The van der Waals surface area contributed by atoms with Gasteiger partial charge in [-0.25, -0.2) is 0 Å². The summed E-state index contributed by atoms with van der Waals surface area (Å²) in [6, 6.07) is 16.1. The molecular formula is C44H58N4O10. The Hall–Kier alpha value is -4.96. The van der Waals surface area contributed by atoms with E-state index in [0.29, 0.717) is 33.6 Å². The van der Waals surface area contributed by atoms with Crippen molar-refractivity contribution in [3.63, 3.8) is 0 Å². The highest BCUT2D eigenvalue weighted by molar-refractivity contribution is 5.79. The molecule has 314 valence electrons. The molecule has 6 N–H and O–H groups in total. The van der Waals surface area contributed by atoms with E-state index in [1.165, 1.54) is 17.3 Å². The molecule has 0 saturated carbocycles. The molecule has 0 aliphatic rings. The Bertz CT molecular complexity index is 1820. The van der Waals surface area contributed by atoms with Crippen LogP contribution >= 0.6 is 0 Å². The Labute approximate surface area is 340 Å². The van der Waals surface area contributed by atoms with E-state index in [-0.39, 0.29) is 64.1 Å². The summed E-state index contributed by atoms with van der Waals surface area (Å²) in [6.45, 7) is 9.52. The van der Waals surface area contributed by atoms with Crippen LogP contribution in [-0.4, -0.2) is 101 Å². The minimum Gasteiger partial charge on any atom is -0.506 e. The maximum atomic E-state index is 13.6. The summed E-state index contributed by atoms with van der Waals surface area (Å²) >= 11 is 0. The minimum atomic E-state index is -1.39. The first-order chi connectivity index (χ1) is 27.5. The van der Waals surface area contributed by atoms with Crippen molar-refractivity contribution in [1.29, 1.82) is 0 Å². The van der Waals surface area contributed by atoms with Gasteiger partial charge >= 0.3 is 11.9 Å². The summed E-state index contributed by atoms with van der Waals surface area (Å²) in [7, 11) is 0. The largest absolute Gasteiger partial charge is 0.506 e. The molecule has 0 radical (unpaired) electrons. The lowest BCUT2D eigenvalue weighted by atomic mass is 9.78. The standard InChI is InChI=1S/C44H58N4O10/c1-29-37(51)35(33(23-49)19-45-29)21-47(22-36-34(24-50)20-46-30(2)38(36)52)17-18-48(39(41(53)54)43(3,4)27-57-25-31-13-9-7-10-14-31)40(42(55)56)44(5,6)28-58-26-32-15-11-8-12-16-32/h7-16,19-20,39-40,49-52H,17-18,21-28H2,1-6H3,(H,53,54)(H,55,56). The molecule has 0 spiro atoms. The number of hydrogen-bond acceptors (Lipinski definition) is 12. The predicted molar refractivity (Wildman–Crippen MR) is 217 cm³/mol. The van der Waals surface area contributed by atoms with Crippen LogP contribution in [0.4, 0.5) is 0 Å². The Balaban J connectivity index is 1.79. The number of carbonyl (C=O) groups is 2. The number of aliphatic carboxylic acids is 2. The molecule has 4 aromatic rings. The fourth-order valence-corrected chi connectivity index (χ4v) is 7.34. The Kier molecular flexibility index (Phi) is 16.3. The second-order valence-electron chi connectivity index (χ2n) is 16.1. The van der Waals surface area contributed by atoms with Gasteiger partial charge in [-0.3, -0.25) is 29.4 Å². The van der Waals surface area contributed by atoms with Crippen LogP contribution in [-0.2, 0) is 58.6 Å². The lowest BCUT2D eigenvalue weighted by Gasteiger charge is -2.47. The lowest BCUT2D eigenvalue weighted by Crippen LogP contribution is -2.63. The van der Waals surface area contributed by atoms with E-state index in [0.717, 1.165) is 11.1 Å². The van der Waals surface area contributed by atoms with E-state index < -0.39 is 48.1 Å². The van der Waals surface area contributed by atoms with Gasteiger partial charge in [-0.1, -0.05) is 88.4 Å². The first kappa shape index (κ1) is 45.7. The van der Waals surface area contributed by atoms with Crippen LogP contribution in [0.2, 0.25) is 0 Å². The number of carboxylic acids is 2. The van der Waals surface area contributed by atoms with Gasteiger partial charge in [0.05, 0.1) is 51.0 Å². The zero-order valence-electron chi connectivity index (χ0n) is 34.3. The van der Waals surface area contributed by atoms with Gasteiger partial charge in [0.25, 0.3) is 0 Å². The Morgan fingerprint density at radius 2 is 1.03 bits per heavy atom. The van der Waals surface area contributed by atoms with Gasteiger partial charge in [-0.15, -0.1) is 0 Å². The molecular weight excluding hydrogens is 745 g/mol. The van der Waals surface area contributed by atoms with Crippen molar-refractivity contribution in [2.75, 3.05) is 26.3 Å². The van der Waals surface area contributed by atoms with Crippen LogP contribution in [0, 0.1) is 24.7 Å². The van der Waals surface area contributed by atoms with Crippen molar-refractivity contribution in [2.24, 2.45) is 10.8 Å². The molecule has 2 aromatic heterocycles. The second kappa shape index (κ2) is 20.6. The first-order valence-corrected chi connectivity index (χ1v) is 19.2. The third-order valence-corrected chi connectivity index (χ3v) is 10.4. The number of aromatic nitrogens is 2. The number of aromatic hydroxyl groups is 2. The smallest absolute Gasteiger partial charge is 0.321 e. The van der Waals surface area contributed by atoms with Crippen molar-refractivity contribution >= 4 is 11.9 Å². The molecule has 0 bridgehead atoms. The average Bonchev–Trinajstić information content (AvgIpc) is 3.17. The maximum Gasteiger partial charge on any atom is 0.321 e. The molecule has 2 aromatic carbocycles. The van der Waals surface area contributed by atoms with Crippen LogP contribution in [0.15, 0.2) is 73.1 Å². The van der Waals surface area contributed by atoms with Gasteiger partial charge in [0, 0.05) is 71.7 Å². The number of carboxylic acid groups (broad SMARTS) is 2. The summed E-state index contributed by atoms with van der Waals surface area (Å²) < 4.78 is 12.2. The Morgan fingerprint density at radius 3 is 1.38 bits per heavy atom. The number of rotatable bonds is 23. The van der Waals surface area contributed by atoms with Crippen molar-refractivity contribution in [3.8, 4) is 11.5 Å². The molecule has 2 atom stereocenters. The highest BCUT2D eigenvalue weighted by atomic mass is 16.5. The average molecular weight is 803 g/mol. The molecule has 4 rings (SSSR count). The molecule has 0 fully saturated rings. The number of pyridine rings is 2. The molecule has 2 heterocycles. The summed E-state index contributed by atoms with van der Waals surface area (Å²) in [5.41, 5.74) is 1.54. The van der Waals surface area contributed by atoms with E-state index in [1.807, 2.05) is 60.7 Å². The number of ether oxygens (including phenoxy) is 2. The van der Waals surface area contributed by atoms with Crippen molar-refractivity contribution in [3.05, 3.63) is 118 Å². The normalized spacial score (nSPS) is 13.2. The van der Waals surface area contributed by atoms with Gasteiger partial charge in [0.2, 0.25) is 0 Å². The van der Waals surface area contributed by atoms with Gasteiger partial charge < -0.3 is 40.1 Å². The number of aliphatic hydroxyl groups is 2. The zero-order chi connectivity index (χ0) is 42.6. The van der Waals surface area contributed by atoms with E-state index in [9.17, 15) is 40.2 Å². The van der Waals surface area contributed by atoms with Crippen molar-refractivity contribution in [2.45, 2.75) is 93.1 Å². The van der Waals surface area contributed by atoms with Gasteiger partial charge in [-0.05, 0) is 25.0 Å². The number of nitrogens with zero attached hydrogens (tertiary/aromatic N) is 4. The summed E-state index contributed by atoms with van der Waals surface area (Å²) in [4.78, 5) is 38.8. The number of benzene rings is 2. The lowest BCUT2D eigenvalue weighted by molar-refractivity contribution is -0.165. The molecule has 14 heteroatoms. The minimum absolute atomic E-state index is 0.00677.